The molecule has 5 heteroatoms. The van der Waals surface area contributed by atoms with E-state index in [1.54, 1.807) is 12.1 Å². The van der Waals surface area contributed by atoms with Gasteiger partial charge in [0.05, 0.1) is 5.88 Å². The van der Waals surface area contributed by atoms with Gasteiger partial charge in [-0.1, -0.05) is 15.9 Å². The van der Waals surface area contributed by atoms with E-state index in [-0.39, 0.29) is 17.6 Å². The summed E-state index contributed by atoms with van der Waals surface area (Å²) in [5.74, 6) is -0.361. The van der Waals surface area contributed by atoms with E-state index in [0.29, 0.717) is 11.1 Å². The second-order valence-corrected chi connectivity index (χ2v) is 3.87. The fourth-order valence-electron chi connectivity index (χ4n) is 1.07. The van der Waals surface area contributed by atoms with Gasteiger partial charge in [0.15, 0.2) is 5.58 Å². The normalized spacial score (nSPS) is 10.7. The molecule has 0 saturated heterocycles. The van der Waals surface area contributed by atoms with Crippen LogP contribution in [0.1, 0.15) is 10.7 Å². The van der Waals surface area contributed by atoms with Crippen LogP contribution in [0, 0.1) is 0 Å². The molecule has 0 spiro atoms. The van der Waals surface area contributed by atoms with Crippen LogP contribution >= 0.6 is 27.5 Å². The molecule has 1 aromatic heterocycles. The second kappa shape index (κ2) is 3.71. The molecule has 0 bridgehead atoms. The minimum atomic E-state index is -0.306. The first-order chi connectivity index (χ1) is 6.70. The van der Waals surface area contributed by atoms with Gasteiger partial charge in [-0.3, -0.25) is 4.79 Å². The van der Waals surface area contributed by atoms with Gasteiger partial charge in [0, 0.05) is 4.47 Å². The van der Waals surface area contributed by atoms with Gasteiger partial charge >= 0.3 is 0 Å². The van der Waals surface area contributed by atoms with E-state index >= 15 is 0 Å². The van der Waals surface area contributed by atoms with E-state index in [0.717, 1.165) is 4.47 Å². The van der Waals surface area contributed by atoms with Gasteiger partial charge in [-0.25, -0.2) is 4.98 Å². The number of hydrogen-bond donors (Lipinski definition) is 0. The molecule has 0 amide bonds. The maximum atomic E-state index is 11.2. The summed E-state index contributed by atoms with van der Waals surface area (Å²) in [6.07, 6.45) is 0. The van der Waals surface area contributed by atoms with Gasteiger partial charge in [0.1, 0.15) is 5.52 Å². The number of carbonyl (C=O) groups is 1. The molecule has 0 N–H and O–H groups in total. The summed E-state index contributed by atoms with van der Waals surface area (Å²) < 4.78 is 6.11. The van der Waals surface area contributed by atoms with Crippen molar-refractivity contribution in [1.82, 2.24) is 4.98 Å². The van der Waals surface area contributed by atoms with Crippen LogP contribution in [0.2, 0.25) is 0 Å². The second-order valence-electron chi connectivity index (χ2n) is 2.69. The zero-order valence-electron chi connectivity index (χ0n) is 6.96. The molecular weight excluding hydrogens is 269 g/mol. The lowest BCUT2D eigenvalue weighted by molar-refractivity contribution is 0.0986. The largest absolute Gasteiger partial charge is 0.434 e. The highest BCUT2D eigenvalue weighted by atomic mass is 79.9. The first kappa shape index (κ1) is 9.68. The number of Topliss-reactive ketones (excluding diaryl/α,β-unsaturated/α-hetero) is 1. The summed E-state index contributed by atoms with van der Waals surface area (Å²) in [5.41, 5.74) is 1.23. The van der Waals surface area contributed by atoms with Crippen LogP contribution in [0.3, 0.4) is 0 Å². The number of nitrogens with zero attached hydrogens (tertiary/aromatic N) is 1. The molecular formula is C9H5BrClNO2. The zero-order chi connectivity index (χ0) is 10.1. The highest BCUT2D eigenvalue weighted by Gasteiger charge is 2.12. The summed E-state index contributed by atoms with van der Waals surface area (Å²) in [4.78, 5) is 15.2. The molecule has 14 heavy (non-hydrogen) atoms. The van der Waals surface area contributed by atoms with E-state index in [2.05, 4.69) is 20.9 Å². The van der Waals surface area contributed by atoms with Crippen LogP contribution < -0.4 is 0 Å². The smallest absolute Gasteiger partial charge is 0.265 e. The van der Waals surface area contributed by atoms with Crippen molar-refractivity contribution < 1.29 is 9.21 Å². The standard InChI is InChI=1S/C9H5BrClNO2/c10-5-1-2-6-8(3-5)14-9(12-6)7(13)4-11/h1-3H,4H2. The Labute approximate surface area is 93.2 Å². The average Bonchev–Trinajstić information content (AvgIpc) is 2.59. The van der Waals surface area contributed by atoms with Crippen molar-refractivity contribution in [1.29, 1.82) is 0 Å². The van der Waals surface area contributed by atoms with Gasteiger partial charge < -0.3 is 4.42 Å². The monoisotopic (exact) mass is 273 g/mol. The number of benzene rings is 1. The Hall–Kier alpha value is -0.870. The quantitative estimate of drug-likeness (QED) is 0.624. The Bertz CT molecular complexity index is 495. The van der Waals surface area contributed by atoms with Crippen molar-refractivity contribution in [3.05, 3.63) is 28.6 Å². The number of carbonyl (C=O) groups excluding carboxylic acids is 1. The number of ketones is 1. The number of alkyl halides is 1. The fraction of sp³-hybridized carbons (Fsp3) is 0.111. The molecule has 0 atom stereocenters. The molecule has 72 valence electrons. The van der Waals surface area contributed by atoms with E-state index in [4.69, 9.17) is 16.0 Å². The molecule has 0 unspecified atom stereocenters. The predicted octanol–water partition coefficient (Wildman–Crippen LogP) is 3.01. The zero-order valence-corrected chi connectivity index (χ0v) is 9.30. The third kappa shape index (κ3) is 1.67. The number of aromatic nitrogens is 1. The predicted molar refractivity (Wildman–Crippen MR) is 56.8 cm³/mol. The van der Waals surface area contributed by atoms with E-state index in [1.165, 1.54) is 0 Å². The molecule has 0 fully saturated rings. The molecule has 3 nitrogen and oxygen atoms in total. The summed E-state index contributed by atoms with van der Waals surface area (Å²) in [5, 5.41) is 0. The molecule has 0 aliphatic rings. The van der Waals surface area contributed by atoms with Crippen molar-refractivity contribution in [2.24, 2.45) is 0 Å². The first-order valence-corrected chi connectivity index (χ1v) is 5.18. The molecule has 2 aromatic rings. The van der Waals surface area contributed by atoms with Crippen LogP contribution in [-0.4, -0.2) is 16.6 Å². The molecule has 0 aliphatic heterocycles. The number of oxazole rings is 1. The summed E-state index contributed by atoms with van der Waals surface area (Å²) >= 11 is 8.68. The topological polar surface area (TPSA) is 43.1 Å². The lowest BCUT2D eigenvalue weighted by Gasteiger charge is -1.86. The van der Waals surface area contributed by atoms with E-state index in [1.807, 2.05) is 6.07 Å². The van der Waals surface area contributed by atoms with Gasteiger partial charge in [-0.05, 0) is 18.2 Å². The third-order valence-corrected chi connectivity index (χ3v) is 2.45. The number of hydrogen-bond acceptors (Lipinski definition) is 3. The average molecular weight is 275 g/mol. The summed E-state index contributed by atoms with van der Waals surface area (Å²) in [6, 6.07) is 5.36. The van der Waals surface area contributed by atoms with Crippen LogP contribution in [0.15, 0.2) is 27.1 Å². The molecule has 1 heterocycles. The Balaban J connectivity index is 2.56. The first-order valence-electron chi connectivity index (χ1n) is 3.86. The summed E-state index contributed by atoms with van der Waals surface area (Å²) in [6.45, 7) is 0. The molecule has 1 aromatic carbocycles. The maximum Gasteiger partial charge on any atom is 0.265 e. The fourth-order valence-corrected chi connectivity index (χ4v) is 1.53. The Morgan fingerprint density at radius 3 is 3.07 bits per heavy atom. The number of halogens is 2. The number of rotatable bonds is 2. The minimum Gasteiger partial charge on any atom is -0.434 e. The van der Waals surface area contributed by atoms with Crippen molar-refractivity contribution in [2.75, 3.05) is 5.88 Å². The lowest BCUT2D eigenvalue weighted by atomic mass is 10.3. The van der Waals surface area contributed by atoms with Crippen molar-refractivity contribution in [3.63, 3.8) is 0 Å². The van der Waals surface area contributed by atoms with Crippen LogP contribution in [0.4, 0.5) is 0 Å². The molecule has 2 rings (SSSR count). The Morgan fingerprint density at radius 2 is 2.36 bits per heavy atom. The van der Waals surface area contributed by atoms with Crippen molar-refractivity contribution >= 4 is 44.4 Å². The van der Waals surface area contributed by atoms with Gasteiger partial charge in [0.25, 0.3) is 5.89 Å². The van der Waals surface area contributed by atoms with Gasteiger partial charge in [0.2, 0.25) is 5.78 Å². The Kier molecular flexibility index (Phi) is 2.56. The van der Waals surface area contributed by atoms with E-state index in [9.17, 15) is 4.79 Å². The molecule has 0 radical (unpaired) electrons. The molecule has 0 aliphatic carbocycles. The van der Waals surface area contributed by atoms with Crippen LogP contribution in [0.5, 0.6) is 0 Å². The highest BCUT2D eigenvalue weighted by molar-refractivity contribution is 9.10. The van der Waals surface area contributed by atoms with Crippen LogP contribution in [-0.2, 0) is 0 Å². The van der Waals surface area contributed by atoms with Gasteiger partial charge in [-0.15, -0.1) is 11.6 Å². The lowest BCUT2D eigenvalue weighted by Crippen LogP contribution is -1.99. The van der Waals surface area contributed by atoms with Gasteiger partial charge in [-0.2, -0.15) is 0 Å². The SMILES string of the molecule is O=C(CCl)c1nc2ccc(Br)cc2o1. The summed E-state index contributed by atoms with van der Waals surface area (Å²) in [7, 11) is 0. The van der Waals surface area contributed by atoms with E-state index < -0.39 is 0 Å². The third-order valence-electron chi connectivity index (χ3n) is 1.71. The Morgan fingerprint density at radius 1 is 1.57 bits per heavy atom. The highest BCUT2D eigenvalue weighted by Crippen LogP contribution is 2.20. The van der Waals surface area contributed by atoms with Crippen molar-refractivity contribution in [3.8, 4) is 0 Å². The maximum absolute atomic E-state index is 11.2. The number of fused-ring (bicyclic) bond motifs is 1. The molecule has 0 saturated carbocycles. The van der Waals surface area contributed by atoms with Crippen LogP contribution in [0.25, 0.3) is 11.1 Å². The minimum absolute atomic E-state index is 0.0631. The van der Waals surface area contributed by atoms with Crippen molar-refractivity contribution in [2.45, 2.75) is 0 Å².